The largest absolute Gasteiger partial charge is 0.493 e. The number of carbonyl (C=O) groups excluding carboxylic acids is 1. The number of hydrogen-bond donors (Lipinski definition) is 0. The third-order valence-electron chi connectivity index (χ3n) is 6.07. The molecule has 0 N–H and O–H groups in total. The van der Waals surface area contributed by atoms with Gasteiger partial charge in [-0.05, 0) is 47.9 Å². The number of rotatable bonds is 7. The zero-order valence-electron chi connectivity index (χ0n) is 19.5. The minimum atomic E-state index is -3.65. The summed E-state index contributed by atoms with van der Waals surface area (Å²) in [6.07, 6.45) is 0.685. The molecule has 4 rings (SSSR count). The van der Waals surface area contributed by atoms with E-state index in [-0.39, 0.29) is 10.8 Å². The third kappa shape index (κ3) is 4.64. The Balaban J connectivity index is 1.48. The van der Waals surface area contributed by atoms with Gasteiger partial charge in [0.2, 0.25) is 10.0 Å². The average molecular weight is 481 g/mol. The molecule has 0 aliphatic carbocycles. The molecule has 1 aliphatic rings. The first-order chi connectivity index (χ1) is 16.3. The van der Waals surface area contributed by atoms with Crippen LogP contribution in [0.4, 0.5) is 0 Å². The van der Waals surface area contributed by atoms with Gasteiger partial charge in [-0.25, -0.2) is 8.42 Å². The van der Waals surface area contributed by atoms with Crippen LogP contribution in [0.1, 0.15) is 27.0 Å². The Bertz CT molecular complexity index is 1290. The topological polar surface area (TPSA) is 76.2 Å². The lowest BCUT2D eigenvalue weighted by atomic mass is 10.0. The van der Waals surface area contributed by atoms with E-state index in [2.05, 4.69) is 0 Å². The lowest BCUT2D eigenvalue weighted by Gasteiger charge is -2.28. The highest BCUT2D eigenvalue weighted by molar-refractivity contribution is 7.89. The van der Waals surface area contributed by atoms with Gasteiger partial charge in [-0.3, -0.25) is 4.79 Å². The number of nitrogens with zero attached hydrogens (tertiary/aromatic N) is 2. The summed E-state index contributed by atoms with van der Waals surface area (Å²) in [6, 6.07) is 19.5. The summed E-state index contributed by atoms with van der Waals surface area (Å²) >= 11 is 0. The monoisotopic (exact) mass is 480 g/mol. The Morgan fingerprint density at radius 3 is 2.32 bits per heavy atom. The lowest BCUT2D eigenvalue weighted by molar-refractivity contribution is 0.0784. The average Bonchev–Trinajstić information content (AvgIpc) is 2.87. The van der Waals surface area contributed by atoms with Crippen LogP contribution < -0.4 is 9.47 Å². The molecule has 0 bridgehead atoms. The number of fused-ring (bicyclic) bond motifs is 1. The van der Waals surface area contributed by atoms with Gasteiger partial charge >= 0.3 is 0 Å². The lowest BCUT2D eigenvalue weighted by Crippen LogP contribution is -2.36. The first kappa shape index (κ1) is 23.8. The van der Waals surface area contributed by atoms with E-state index in [4.69, 9.17) is 9.47 Å². The molecule has 0 fully saturated rings. The van der Waals surface area contributed by atoms with Crippen molar-refractivity contribution < 1.29 is 22.7 Å². The fraction of sp³-hybridized carbons (Fsp3) is 0.269. The van der Waals surface area contributed by atoms with Crippen molar-refractivity contribution in [1.29, 1.82) is 0 Å². The Kier molecular flexibility index (Phi) is 6.90. The molecule has 7 nitrogen and oxygen atoms in total. The Hall–Kier alpha value is -3.36. The number of benzene rings is 3. The smallest absolute Gasteiger partial charge is 0.253 e. The van der Waals surface area contributed by atoms with E-state index in [0.29, 0.717) is 43.1 Å². The van der Waals surface area contributed by atoms with Gasteiger partial charge in [0.1, 0.15) is 0 Å². The van der Waals surface area contributed by atoms with Gasteiger partial charge in [-0.2, -0.15) is 4.31 Å². The minimum Gasteiger partial charge on any atom is -0.493 e. The molecule has 1 aliphatic heterocycles. The zero-order valence-corrected chi connectivity index (χ0v) is 20.3. The van der Waals surface area contributed by atoms with Crippen molar-refractivity contribution >= 4 is 15.9 Å². The maximum absolute atomic E-state index is 13.2. The fourth-order valence-electron chi connectivity index (χ4n) is 4.22. The normalized spacial score (nSPS) is 13.7. The van der Waals surface area contributed by atoms with Crippen molar-refractivity contribution in [2.24, 2.45) is 0 Å². The van der Waals surface area contributed by atoms with Gasteiger partial charge in [0.15, 0.2) is 11.5 Å². The molecule has 0 atom stereocenters. The van der Waals surface area contributed by atoms with Gasteiger partial charge in [-0.15, -0.1) is 0 Å². The molecule has 0 spiro atoms. The maximum Gasteiger partial charge on any atom is 0.253 e. The highest BCUT2D eigenvalue weighted by Crippen LogP contribution is 2.31. The highest BCUT2D eigenvalue weighted by atomic mass is 32.2. The van der Waals surface area contributed by atoms with Crippen molar-refractivity contribution in [2.75, 3.05) is 27.8 Å². The van der Waals surface area contributed by atoms with E-state index >= 15 is 0 Å². The first-order valence-corrected chi connectivity index (χ1v) is 12.4. The molecule has 3 aromatic carbocycles. The molecule has 0 saturated heterocycles. The number of ether oxygens (including phenoxy) is 2. The number of para-hydroxylation sites is 1. The zero-order chi connectivity index (χ0) is 24.3. The Morgan fingerprint density at radius 1 is 0.941 bits per heavy atom. The van der Waals surface area contributed by atoms with Crippen LogP contribution in [0.25, 0.3) is 0 Å². The number of amides is 1. The van der Waals surface area contributed by atoms with E-state index in [1.807, 2.05) is 36.4 Å². The highest BCUT2D eigenvalue weighted by Gasteiger charge is 2.28. The number of methoxy groups -OCH3 is 2. The van der Waals surface area contributed by atoms with Crippen LogP contribution in [0, 0.1) is 0 Å². The molecular weight excluding hydrogens is 452 g/mol. The molecule has 34 heavy (non-hydrogen) atoms. The molecule has 0 unspecified atom stereocenters. The summed E-state index contributed by atoms with van der Waals surface area (Å²) in [5.74, 6) is 0.950. The van der Waals surface area contributed by atoms with Crippen LogP contribution in [-0.4, -0.2) is 51.3 Å². The predicted molar refractivity (Wildman–Crippen MR) is 130 cm³/mol. The van der Waals surface area contributed by atoms with Crippen LogP contribution in [0.15, 0.2) is 71.6 Å². The van der Waals surface area contributed by atoms with E-state index in [1.165, 1.54) is 22.0 Å². The van der Waals surface area contributed by atoms with Crippen LogP contribution in [0.3, 0.4) is 0 Å². The summed E-state index contributed by atoms with van der Waals surface area (Å²) in [6.45, 7) is 1.10. The standard InChI is InChI=1S/C26H28N2O5S/c1-27(17-22-9-6-10-24(32-2)25(22)33-3)26(29)20-11-13-23(14-12-20)34(30,31)28-16-15-19-7-4-5-8-21(19)18-28/h4-14H,15-18H2,1-3H3. The minimum absolute atomic E-state index is 0.181. The summed E-state index contributed by atoms with van der Waals surface area (Å²) < 4.78 is 38.7. The third-order valence-corrected chi connectivity index (χ3v) is 7.93. The molecule has 178 valence electrons. The molecular formula is C26H28N2O5S. The Morgan fingerprint density at radius 2 is 1.65 bits per heavy atom. The molecule has 3 aromatic rings. The van der Waals surface area contributed by atoms with Crippen LogP contribution >= 0.6 is 0 Å². The SMILES string of the molecule is COc1cccc(CN(C)C(=O)c2ccc(S(=O)(=O)N3CCc4ccccc4C3)cc2)c1OC. The number of carbonyl (C=O) groups is 1. The van der Waals surface area contributed by atoms with Crippen LogP contribution in [0.5, 0.6) is 11.5 Å². The van der Waals surface area contributed by atoms with Crippen molar-refractivity contribution in [2.45, 2.75) is 24.4 Å². The second kappa shape index (κ2) is 9.87. The van der Waals surface area contributed by atoms with Gasteiger partial charge in [0.25, 0.3) is 5.91 Å². The van der Waals surface area contributed by atoms with Crippen LogP contribution in [0.2, 0.25) is 0 Å². The van der Waals surface area contributed by atoms with E-state index in [9.17, 15) is 13.2 Å². The first-order valence-electron chi connectivity index (χ1n) is 11.0. The second-order valence-corrected chi connectivity index (χ2v) is 10.1. The van der Waals surface area contributed by atoms with Gasteiger partial charge < -0.3 is 14.4 Å². The van der Waals surface area contributed by atoms with Crippen molar-refractivity contribution in [3.63, 3.8) is 0 Å². The molecule has 8 heteroatoms. The van der Waals surface area contributed by atoms with E-state index < -0.39 is 10.0 Å². The maximum atomic E-state index is 13.2. The van der Waals surface area contributed by atoms with Crippen molar-refractivity contribution in [3.8, 4) is 11.5 Å². The second-order valence-electron chi connectivity index (χ2n) is 8.20. The van der Waals surface area contributed by atoms with E-state index in [0.717, 1.165) is 11.1 Å². The molecule has 0 saturated carbocycles. The quantitative estimate of drug-likeness (QED) is 0.515. The van der Waals surface area contributed by atoms with Crippen molar-refractivity contribution in [3.05, 3.63) is 89.0 Å². The summed E-state index contributed by atoms with van der Waals surface area (Å²) in [4.78, 5) is 14.7. The van der Waals surface area contributed by atoms with Gasteiger partial charge in [0, 0.05) is 37.8 Å². The molecule has 0 aromatic heterocycles. The molecule has 1 amide bonds. The summed E-state index contributed by atoms with van der Waals surface area (Å²) in [5, 5.41) is 0. The van der Waals surface area contributed by atoms with E-state index in [1.54, 1.807) is 44.4 Å². The molecule has 0 radical (unpaired) electrons. The Labute approximate surface area is 200 Å². The number of hydrogen-bond acceptors (Lipinski definition) is 5. The number of sulfonamides is 1. The summed E-state index contributed by atoms with van der Waals surface area (Å²) in [7, 11) is 1.16. The summed E-state index contributed by atoms with van der Waals surface area (Å²) in [5.41, 5.74) is 3.43. The van der Waals surface area contributed by atoms with Gasteiger partial charge in [-0.1, -0.05) is 36.4 Å². The van der Waals surface area contributed by atoms with Crippen LogP contribution in [-0.2, 0) is 29.5 Å². The predicted octanol–water partition coefficient (Wildman–Crippen LogP) is 3.72. The van der Waals surface area contributed by atoms with Crippen molar-refractivity contribution in [1.82, 2.24) is 9.21 Å². The fourth-order valence-corrected chi connectivity index (χ4v) is 5.64. The van der Waals surface area contributed by atoms with Gasteiger partial charge in [0.05, 0.1) is 19.1 Å². The molecule has 1 heterocycles.